The van der Waals surface area contributed by atoms with E-state index in [9.17, 15) is 0 Å². The van der Waals surface area contributed by atoms with Gasteiger partial charge in [-0.25, -0.2) is 0 Å². The van der Waals surface area contributed by atoms with Gasteiger partial charge in [0.1, 0.15) is 0 Å². The molecule has 0 spiro atoms. The number of hydrogen-bond acceptors (Lipinski definition) is 3. The van der Waals surface area contributed by atoms with Crippen LogP contribution < -0.4 is 5.46 Å². The van der Waals surface area contributed by atoms with Crippen molar-refractivity contribution in [2.75, 3.05) is 6.51 Å². The highest BCUT2D eigenvalue weighted by molar-refractivity contribution is 6.67. The van der Waals surface area contributed by atoms with Gasteiger partial charge >= 0.3 is 6.92 Å². The lowest BCUT2D eigenvalue weighted by Crippen LogP contribution is -2.61. The number of rotatable bonds is 4. The van der Waals surface area contributed by atoms with E-state index in [-0.39, 0.29) is 18.1 Å². The standard InChI is InChI=1S/C18H26BNO2/c1-7-9-16(20-6)14-10-8-11-15(12-14)19-13-21-17(2,3)18(4,5)22-19/h8-12H,6-7,13H2,1-5H3/b16-9-. The van der Waals surface area contributed by atoms with Crippen molar-refractivity contribution in [1.82, 2.24) is 0 Å². The van der Waals surface area contributed by atoms with Gasteiger partial charge in [0.2, 0.25) is 0 Å². The zero-order valence-corrected chi connectivity index (χ0v) is 14.3. The van der Waals surface area contributed by atoms with Gasteiger partial charge in [0, 0.05) is 0 Å². The van der Waals surface area contributed by atoms with E-state index in [2.05, 4.69) is 70.6 Å². The molecule has 4 heteroatoms. The van der Waals surface area contributed by atoms with Crippen molar-refractivity contribution in [2.24, 2.45) is 4.99 Å². The summed E-state index contributed by atoms with van der Waals surface area (Å²) in [7, 11) is 0. The topological polar surface area (TPSA) is 30.8 Å². The average Bonchev–Trinajstić information content (AvgIpc) is 2.48. The molecule has 1 aliphatic rings. The van der Waals surface area contributed by atoms with E-state index in [1.807, 2.05) is 6.07 Å². The van der Waals surface area contributed by atoms with Gasteiger partial charge < -0.3 is 9.39 Å². The Morgan fingerprint density at radius 3 is 2.64 bits per heavy atom. The molecule has 1 aliphatic heterocycles. The van der Waals surface area contributed by atoms with E-state index in [0.29, 0.717) is 6.51 Å². The van der Waals surface area contributed by atoms with Crippen LogP contribution in [0.15, 0.2) is 35.3 Å². The van der Waals surface area contributed by atoms with E-state index in [1.54, 1.807) is 0 Å². The van der Waals surface area contributed by atoms with E-state index >= 15 is 0 Å². The molecule has 0 saturated carbocycles. The van der Waals surface area contributed by atoms with Crippen LogP contribution in [0.1, 0.15) is 46.6 Å². The summed E-state index contributed by atoms with van der Waals surface area (Å²) in [6, 6.07) is 8.30. The molecule has 1 aromatic carbocycles. The molecule has 0 aromatic heterocycles. The molecule has 1 heterocycles. The Bertz CT molecular complexity index is 578. The zero-order valence-electron chi connectivity index (χ0n) is 14.3. The first-order valence-electron chi connectivity index (χ1n) is 7.89. The average molecular weight is 299 g/mol. The maximum absolute atomic E-state index is 6.31. The monoisotopic (exact) mass is 299 g/mol. The van der Waals surface area contributed by atoms with Crippen molar-refractivity contribution in [3.05, 3.63) is 35.9 Å². The predicted octanol–water partition coefficient (Wildman–Crippen LogP) is 3.48. The molecule has 0 radical (unpaired) electrons. The molecule has 0 N–H and O–H groups in total. The first-order valence-corrected chi connectivity index (χ1v) is 7.89. The number of hydrogen-bond donors (Lipinski definition) is 0. The smallest absolute Gasteiger partial charge is 0.354 e. The number of ether oxygens (including phenoxy) is 1. The van der Waals surface area contributed by atoms with Gasteiger partial charge in [0.05, 0.1) is 23.4 Å². The lowest BCUT2D eigenvalue weighted by Gasteiger charge is -2.47. The van der Waals surface area contributed by atoms with Crippen LogP contribution in [0.4, 0.5) is 0 Å². The molecule has 0 bridgehead atoms. The highest BCUT2D eigenvalue weighted by Gasteiger charge is 2.46. The quantitative estimate of drug-likeness (QED) is 0.629. The molecule has 0 amide bonds. The molecular formula is C18H26BNO2. The molecule has 1 saturated heterocycles. The first-order chi connectivity index (χ1) is 10.3. The zero-order chi connectivity index (χ0) is 16.4. The second-order valence-electron chi connectivity index (χ2n) is 6.72. The molecule has 22 heavy (non-hydrogen) atoms. The van der Waals surface area contributed by atoms with Crippen LogP contribution in [0.3, 0.4) is 0 Å². The van der Waals surface area contributed by atoms with Gasteiger partial charge in [-0.1, -0.05) is 37.3 Å². The largest absolute Gasteiger partial charge is 0.421 e. The minimum absolute atomic E-state index is 0.0596. The van der Waals surface area contributed by atoms with Crippen molar-refractivity contribution in [3.63, 3.8) is 0 Å². The second-order valence-corrected chi connectivity index (χ2v) is 6.72. The maximum atomic E-state index is 6.31. The minimum atomic E-state index is -0.343. The van der Waals surface area contributed by atoms with Crippen molar-refractivity contribution < 1.29 is 9.39 Å². The summed E-state index contributed by atoms with van der Waals surface area (Å²) in [6.07, 6.45) is 3.01. The van der Waals surface area contributed by atoms with E-state index in [4.69, 9.17) is 9.39 Å². The van der Waals surface area contributed by atoms with Gasteiger partial charge in [0.15, 0.2) is 0 Å². The molecule has 2 rings (SSSR count). The lowest BCUT2D eigenvalue weighted by molar-refractivity contribution is -0.152. The van der Waals surface area contributed by atoms with Crippen LogP contribution in [0.5, 0.6) is 0 Å². The van der Waals surface area contributed by atoms with Crippen LogP contribution in [0.2, 0.25) is 0 Å². The SMILES string of the molecule is C=N/C(=C\CC)c1cccc(B2COC(C)(C)C(C)(C)O2)c1. The van der Waals surface area contributed by atoms with Gasteiger partial charge in [-0.2, -0.15) is 0 Å². The molecule has 0 atom stereocenters. The molecule has 0 aliphatic carbocycles. The summed E-state index contributed by atoms with van der Waals surface area (Å²) in [5, 5.41) is 0. The molecular weight excluding hydrogens is 273 g/mol. The summed E-state index contributed by atoms with van der Waals surface area (Å²) < 4.78 is 12.4. The number of allylic oxidation sites excluding steroid dienone is 1. The van der Waals surface area contributed by atoms with Crippen molar-refractivity contribution >= 4 is 24.8 Å². The van der Waals surface area contributed by atoms with Gasteiger partial charge in [-0.3, -0.25) is 4.99 Å². The maximum Gasteiger partial charge on any atom is 0.354 e. The Morgan fingerprint density at radius 1 is 1.32 bits per heavy atom. The van der Waals surface area contributed by atoms with Crippen molar-refractivity contribution in [2.45, 2.75) is 52.2 Å². The molecule has 1 aromatic rings. The molecule has 3 nitrogen and oxygen atoms in total. The molecule has 118 valence electrons. The van der Waals surface area contributed by atoms with E-state index < -0.39 is 0 Å². The van der Waals surface area contributed by atoms with Gasteiger partial charge in [-0.05, 0) is 51.9 Å². The van der Waals surface area contributed by atoms with Crippen LogP contribution in [0.25, 0.3) is 5.70 Å². The normalized spacial score (nSPS) is 20.8. The highest BCUT2D eigenvalue weighted by atomic mass is 16.6. The number of benzene rings is 1. The third kappa shape index (κ3) is 3.34. The van der Waals surface area contributed by atoms with Crippen LogP contribution in [-0.2, 0) is 9.39 Å². The number of aliphatic imine (C=N–C) groups is 1. The van der Waals surface area contributed by atoms with Crippen LogP contribution in [-0.4, -0.2) is 31.3 Å². The minimum Gasteiger partial charge on any atom is -0.421 e. The summed E-state index contributed by atoms with van der Waals surface area (Å²) in [4.78, 5) is 4.12. The van der Waals surface area contributed by atoms with Crippen LogP contribution >= 0.6 is 0 Å². The van der Waals surface area contributed by atoms with E-state index in [1.165, 1.54) is 0 Å². The van der Waals surface area contributed by atoms with Gasteiger partial charge in [0.25, 0.3) is 0 Å². The Morgan fingerprint density at radius 2 is 2.05 bits per heavy atom. The molecule has 0 unspecified atom stereocenters. The fourth-order valence-corrected chi connectivity index (χ4v) is 2.52. The first kappa shape index (κ1) is 17.0. The Labute approximate surface area is 134 Å². The third-order valence-electron chi connectivity index (χ3n) is 4.60. The Balaban J connectivity index is 2.28. The van der Waals surface area contributed by atoms with Crippen molar-refractivity contribution in [3.8, 4) is 0 Å². The summed E-state index contributed by atoms with van der Waals surface area (Å²) in [5.41, 5.74) is 2.47. The fraction of sp³-hybridized carbons (Fsp3) is 0.500. The number of nitrogens with zero attached hydrogens (tertiary/aromatic N) is 1. The summed E-state index contributed by atoms with van der Waals surface area (Å²) in [6.45, 7) is 14.6. The predicted molar refractivity (Wildman–Crippen MR) is 94.8 cm³/mol. The summed E-state index contributed by atoms with van der Waals surface area (Å²) >= 11 is 0. The summed E-state index contributed by atoms with van der Waals surface area (Å²) in [5.74, 6) is 0. The highest BCUT2D eigenvalue weighted by Crippen LogP contribution is 2.33. The fourth-order valence-electron chi connectivity index (χ4n) is 2.52. The van der Waals surface area contributed by atoms with Gasteiger partial charge in [-0.15, -0.1) is 0 Å². The Kier molecular flexibility index (Phi) is 4.93. The molecule has 1 fully saturated rings. The third-order valence-corrected chi connectivity index (χ3v) is 4.60. The Hall–Kier alpha value is -1.39. The second kappa shape index (κ2) is 6.39. The van der Waals surface area contributed by atoms with Crippen LogP contribution in [0, 0.1) is 0 Å². The lowest BCUT2D eigenvalue weighted by atomic mass is 9.59. The van der Waals surface area contributed by atoms with Crippen molar-refractivity contribution in [1.29, 1.82) is 0 Å². The van der Waals surface area contributed by atoms with E-state index in [0.717, 1.165) is 23.1 Å².